The first-order chi connectivity index (χ1) is 9.34. The Kier molecular flexibility index (Phi) is 3.06. The Balaban J connectivity index is 1.54. The standard InChI is InChI=1S/C13H19F3N2O2/c1-20-9-2-8(3-9)10(19)18-6-11-4-12(11,7-17-5-11)13(14,15)16/h8-9,17H,2-7H2,1H3,(H,18,19)/t8?,9?,11-,12-/m1/s1. The summed E-state index contributed by atoms with van der Waals surface area (Å²) in [6.07, 6.45) is -2.62. The van der Waals surface area contributed by atoms with Crippen LogP contribution in [0, 0.1) is 16.7 Å². The minimum absolute atomic E-state index is 0.0262. The lowest BCUT2D eigenvalue weighted by Crippen LogP contribution is -2.45. The largest absolute Gasteiger partial charge is 0.396 e. The maximum Gasteiger partial charge on any atom is 0.396 e. The molecule has 0 spiro atoms. The van der Waals surface area contributed by atoms with E-state index in [1.807, 2.05) is 0 Å². The van der Waals surface area contributed by atoms with E-state index >= 15 is 0 Å². The highest BCUT2D eigenvalue weighted by Gasteiger charge is 2.81. The first kappa shape index (κ1) is 14.1. The van der Waals surface area contributed by atoms with Gasteiger partial charge in [0.1, 0.15) is 0 Å². The fraction of sp³-hybridized carbons (Fsp3) is 0.923. The molecular formula is C13H19F3N2O2. The summed E-state index contributed by atoms with van der Waals surface area (Å²) in [5, 5.41) is 5.53. The van der Waals surface area contributed by atoms with Crippen molar-refractivity contribution >= 4 is 5.91 Å². The van der Waals surface area contributed by atoms with E-state index in [9.17, 15) is 18.0 Å². The molecule has 1 heterocycles. The van der Waals surface area contributed by atoms with E-state index < -0.39 is 17.0 Å². The number of carbonyl (C=O) groups is 1. The number of ether oxygens (including phenoxy) is 1. The van der Waals surface area contributed by atoms with Crippen LogP contribution in [0.3, 0.4) is 0 Å². The molecule has 0 bridgehead atoms. The first-order valence-corrected chi connectivity index (χ1v) is 6.92. The van der Waals surface area contributed by atoms with E-state index in [1.165, 1.54) is 0 Å². The van der Waals surface area contributed by atoms with Crippen LogP contribution in [0.25, 0.3) is 0 Å². The second-order valence-corrected chi connectivity index (χ2v) is 6.38. The molecule has 0 aromatic carbocycles. The second-order valence-electron chi connectivity index (χ2n) is 6.38. The van der Waals surface area contributed by atoms with Gasteiger partial charge in [-0.15, -0.1) is 0 Å². The number of methoxy groups -OCH3 is 1. The number of amides is 1. The molecular weight excluding hydrogens is 273 g/mol. The highest BCUT2D eigenvalue weighted by atomic mass is 19.4. The van der Waals surface area contributed by atoms with Crippen molar-refractivity contribution in [3.63, 3.8) is 0 Å². The molecule has 1 amide bonds. The van der Waals surface area contributed by atoms with Crippen molar-refractivity contribution in [1.29, 1.82) is 0 Å². The van der Waals surface area contributed by atoms with Gasteiger partial charge in [-0.25, -0.2) is 0 Å². The number of fused-ring (bicyclic) bond motifs is 1. The zero-order valence-electron chi connectivity index (χ0n) is 11.3. The summed E-state index contributed by atoms with van der Waals surface area (Å²) in [6.45, 7) is 0.423. The second kappa shape index (κ2) is 4.34. The van der Waals surface area contributed by atoms with Gasteiger partial charge in [-0.2, -0.15) is 13.2 Å². The molecule has 3 fully saturated rings. The molecule has 3 aliphatic rings. The Morgan fingerprint density at radius 1 is 1.40 bits per heavy atom. The Bertz CT molecular complexity index is 422. The van der Waals surface area contributed by atoms with Crippen LogP contribution >= 0.6 is 0 Å². The fourth-order valence-electron chi connectivity index (χ4n) is 3.70. The number of carbonyl (C=O) groups excluding carboxylic acids is 1. The van der Waals surface area contributed by atoms with Crippen LogP contribution in [-0.4, -0.2) is 44.9 Å². The van der Waals surface area contributed by atoms with Gasteiger partial charge in [0.05, 0.1) is 11.5 Å². The van der Waals surface area contributed by atoms with Crippen LogP contribution in [0.15, 0.2) is 0 Å². The molecule has 114 valence electrons. The van der Waals surface area contributed by atoms with Crippen LogP contribution in [0.4, 0.5) is 13.2 Å². The lowest BCUT2D eigenvalue weighted by atomic mass is 9.81. The summed E-state index contributed by atoms with van der Waals surface area (Å²) >= 11 is 0. The van der Waals surface area contributed by atoms with Crippen LogP contribution in [0.1, 0.15) is 19.3 Å². The number of hydrogen-bond acceptors (Lipinski definition) is 3. The Hall–Kier alpha value is -0.820. The van der Waals surface area contributed by atoms with Gasteiger partial charge in [-0.1, -0.05) is 0 Å². The third-order valence-electron chi connectivity index (χ3n) is 5.36. The van der Waals surface area contributed by atoms with Crippen molar-refractivity contribution in [2.24, 2.45) is 16.7 Å². The summed E-state index contributed by atoms with van der Waals surface area (Å²) in [5.41, 5.74) is -2.45. The first-order valence-electron chi connectivity index (χ1n) is 6.92. The van der Waals surface area contributed by atoms with Crippen molar-refractivity contribution in [3.8, 4) is 0 Å². The van der Waals surface area contributed by atoms with Crippen LogP contribution in [0.5, 0.6) is 0 Å². The van der Waals surface area contributed by atoms with Crippen molar-refractivity contribution in [2.75, 3.05) is 26.7 Å². The van der Waals surface area contributed by atoms with Gasteiger partial charge in [-0.05, 0) is 19.3 Å². The molecule has 1 aliphatic heterocycles. The number of nitrogens with one attached hydrogen (secondary N) is 2. The van der Waals surface area contributed by atoms with Gasteiger partial charge in [0, 0.05) is 38.1 Å². The Labute approximate surface area is 115 Å². The van der Waals surface area contributed by atoms with E-state index in [2.05, 4.69) is 10.6 Å². The number of hydrogen-bond donors (Lipinski definition) is 2. The molecule has 2 N–H and O–H groups in total. The molecule has 1 saturated heterocycles. The maximum atomic E-state index is 13.1. The highest BCUT2D eigenvalue weighted by molar-refractivity contribution is 5.79. The smallest absolute Gasteiger partial charge is 0.381 e. The molecule has 7 heteroatoms. The normalized spacial score (nSPS) is 42.8. The zero-order chi connectivity index (χ0) is 14.6. The van der Waals surface area contributed by atoms with E-state index in [1.54, 1.807) is 7.11 Å². The molecule has 2 saturated carbocycles. The van der Waals surface area contributed by atoms with Gasteiger partial charge in [0.25, 0.3) is 0 Å². The summed E-state index contributed by atoms with van der Waals surface area (Å²) in [6, 6.07) is 0. The van der Waals surface area contributed by atoms with Gasteiger partial charge < -0.3 is 15.4 Å². The molecule has 20 heavy (non-hydrogen) atoms. The monoisotopic (exact) mass is 292 g/mol. The zero-order valence-corrected chi connectivity index (χ0v) is 11.3. The number of alkyl halides is 3. The quantitative estimate of drug-likeness (QED) is 0.815. The average Bonchev–Trinajstić information content (AvgIpc) is 2.83. The Morgan fingerprint density at radius 2 is 2.10 bits per heavy atom. The van der Waals surface area contributed by atoms with Gasteiger partial charge >= 0.3 is 6.18 Å². The third kappa shape index (κ3) is 1.86. The topological polar surface area (TPSA) is 50.4 Å². The van der Waals surface area contributed by atoms with Crippen molar-refractivity contribution in [1.82, 2.24) is 10.6 Å². The molecule has 0 aromatic rings. The predicted octanol–water partition coefficient (Wildman–Crippen LogP) is 1.07. The fourth-order valence-corrected chi connectivity index (χ4v) is 3.70. The summed E-state index contributed by atoms with van der Waals surface area (Å²) in [7, 11) is 1.60. The maximum absolute atomic E-state index is 13.1. The molecule has 2 aliphatic carbocycles. The van der Waals surface area contributed by atoms with Crippen molar-refractivity contribution in [2.45, 2.75) is 31.5 Å². The predicted molar refractivity (Wildman–Crippen MR) is 64.9 cm³/mol. The lowest BCUT2D eigenvalue weighted by Gasteiger charge is -2.33. The summed E-state index contributed by atoms with van der Waals surface area (Å²) in [5.74, 6) is -0.243. The van der Waals surface area contributed by atoms with E-state index in [0.29, 0.717) is 19.4 Å². The molecule has 0 unspecified atom stereocenters. The van der Waals surface area contributed by atoms with E-state index in [4.69, 9.17) is 4.74 Å². The average molecular weight is 292 g/mol. The molecule has 0 radical (unpaired) electrons. The van der Waals surface area contributed by atoms with Crippen LogP contribution in [0.2, 0.25) is 0 Å². The molecule has 3 rings (SSSR count). The number of halogens is 3. The third-order valence-corrected chi connectivity index (χ3v) is 5.36. The van der Waals surface area contributed by atoms with E-state index in [-0.39, 0.29) is 37.4 Å². The molecule has 2 atom stereocenters. The van der Waals surface area contributed by atoms with Gasteiger partial charge in [-0.3, -0.25) is 4.79 Å². The van der Waals surface area contributed by atoms with Gasteiger partial charge in [0.2, 0.25) is 5.91 Å². The minimum Gasteiger partial charge on any atom is -0.381 e. The SMILES string of the molecule is COC1CC(C(=O)NC[C@@]23CNC[C@]2(C(F)(F)F)C3)C1. The van der Waals surface area contributed by atoms with Gasteiger partial charge in [0.15, 0.2) is 0 Å². The molecule has 0 aromatic heterocycles. The number of rotatable bonds is 4. The summed E-state index contributed by atoms with van der Waals surface area (Å²) in [4.78, 5) is 11.9. The lowest BCUT2D eigenvalue weighted by molar-refractivity contribution is -0.190. The van der Waals surface area contributed by atoms with Crippen molar-refractivity contribution < 1.29 is 22.7 Å². The van der Waals surface area contributed by atoms with E-state index in [0.717, 1.165) is 0 Å². The van der Waals surface area contributed by atoms with Crippen LogP contribution in [-0.2, 0) is 9.53 Å². The summed E-state index contributed by atoms with van der Waals surface area (Å²) < 4.78 is 44.5. The molecule has 4 nitrogen and oxygen atoms in total. The minimum atomic E-state index is -4.20. The van der Waals surface area contributed by atoms with Crippen LogP contribution < -0.4 is 10.6 Å². The Morgan fingerprint density at radius 3 is 2.65 bits per heavy atom. The number of piperidine rings is 1. The highest BCUT2D eigenvalue weighted by Crippen LogP contribution is 2.72. The van der Waals surface area contributed by atoms with Crippen molar-refractivity contribution in [3.05, 3.63) is 0 Å².